The quantitative estimate of drug-likeness (QED) is 0.424. The molecule has 0 radical (unpaired) electrons. The molecule has 2 heterocycles. The molecule has 2 aromatic heterocycles. The summed E-state index contributed by atoms with van der Waals surface area (Å²) >= 11 is 9.70. The van der Waals surface area contributed by atoms with Crippen molar-refractivity contribution in [2.75, 3.05) is 11.1 Å². The Morgan fingerprint density at radius 1 is 1.22 bits per heavy atom. The standard InChI is InChI=1S/C18H13BrClF3N6O2S/c1-7(28-16(31)13-12(19)14(24)27-6-26-13)17-25-5-11(32-17)15(30)29-8-2-3-10(20)9(4-8)18(21,22)23/h2-7H,1H3,(H,28,31)(H,29,30)(H2,24,26,27). The fourth-order valence-corrected chi connectivity index (χ4v) is 3.90. The second-order valence-corrected chi connectivity index (χ2v) is 8.59. The molecule has 2 amide bonds. The Balaban J connectivity index is 1.70. The van der Waals surface area contributed by atoms with Gasteiger partial charge in [-0.2, -0.15) is 13.2 Å². The zero-order valence-corrected chi connectivity index (χ0v) is 19.2. The molecular formula is C18H13BrClF3N6O2S. The van der Waals surface area contributed by atoms with Crippen molar-refractivity contribution in [2.24, 2.45) is 0 Å². The van der Waals surface area contributed by atoms with Gasteiger partial charge in [-0.1, -0.05) is 11.6 Å². The third-order valence-electron chi connectivity index (χ3n) is 4.03. The SMILES string of the molecule is CC(NC(=O)c1ncnc(N)c1Br)c1ncc(C(=O)Nc2ccc(Cl)c(C(F)(F)F)c2)s1. The number of nitrogen functional groups attached to an aromatic ring is 1. The number of anilines is 2. The summed E-state index contributed by atoms with van der Waals surface area (Å²) in [7, 11) is 0. The number of thiazole rings is 1. The molecule has 168 valence electrons. The largest absolute Gasteiger partial charge is 0.417 e. The minimum atomic E-state index is -4.66. The van der Waals surface area contributed by atoms with Crippen molar-refractivity contribution in [3.8, 4) is 0 Å². The molecule has 0 saturated carbocycles. The molecule has 0 spiro atoms. The maximum atomic E-state index is 13.0. The van der Waals surface area contributed by atoms with Crippen LogP contribution in [0.3, 0.4) is 0 Å². The lowest BCUT2D eigenvalue weighted by atomic mass is 10.2. The number of nitrogens with zero attached hydrogens (tertiary/aromatic N) is 3. The van der Waals surface area contributed by atoms with Crippen molar-refractivity contribution in [3.63, 3.8) is 0 Å². The van der Waals surface area contributed by atoms with E-state index in [2.05, 4.69) is 41.5 Å². The molecule has 1 aromatic carbocycles. The summed E-state index contributed by atoms with van der Waals surface area (Å²) in [5, 5.41) is 4.98. The van der Waals surface area contributed by atoms with Crippen LogP contribution in [-0.4, -0.2) is 26.8 Å². The van der Waals surface area contributed by atoms with Crippen LogP contribution >= 0.6 is 38.9 Å². The van der Waals surface area contributed by atoms with Gasteiger partial charge in [-0.05, 0) is 41.1 Å². The van der Waals surface area contributed by atoms with Gasteiger partial charge in [-0.3, -0.25) is 9.59 Å². The van der Waals surface area contributed by atoms with Crippen molar-refractivity contribution < 1.29 is 22.8 Å². The molecule has 0 aliphatic heterocycles. The van der Waals surface area contributed by atoms with Crippen molar-refractivity contribution in [2.45, 2.75) is 19.1 Å². The monoisotopic (exact) mass is 548 g/mol. The normalized spacial score (nSPS) is 12.3. The Hall–Kier alpha value is -2.77. The highest BCUT2D eigenvalue weighted by molar-refractivity contribution is 9.10. The molecule has 14 heteroatoms. The van der Waals surface area contributed by atoms with E-state index in [0.29, 0.717) is 5.01 Å². The lowest BCUT2D eigenvalue weighted by Crippen LogP contribution is -2.28. The van der Waals surface area contributed by atoms with Gasteiger partial charge < -0.3 is 16.4 Å². The van der Waals surface area contributed by atoms with Gasteiger partial charge in [0, 0.05) is 5.69 Å². The van der Waals surface area contributed by atoms with Crippen LogP contribution in [0, 0.1) is 0 Å². The molecule has 3 aromatic rings. The molecule has 0 aliphatic rings. The smallest absolute Gasteiger partial charge is 0.383 e. The predicted octanol–water partition coefficient (Wildman–Crippen LogP) is 4.69. The van der Waals surface area contributed by atoms with Gasteiger partial charge in [-0.25, -0.2) is 15.0 Å². The first kappa shape index (κ1) is 23.9. The third kappa shape index (κ3) is 5.34. The number of nitrogens with one attached hydrogen (secondary N) is 2. The topological polar surface area (TPSA) is 123 Å². The van der Waals surface area contributed by atoms with Gasteiger partial charge in [0.2, 0.25) is 0 Å². The average molecular weight is 550 g/mol. The second kappa shape index (κ2) is 9.38. The Morgan fingerprint density at radius 3 is 2.62 bits per heavy atom. The van der Waals surface area contributed by atoms with Crippen LogP contribution in [0.5, 0.6) is 0 Å². The van der Waals surface area contributed by atoms with E-state index in [-0.39, 0.29) is 26.5 Å². The van der Waals surface area contributed by atoms with Crippen molar-refractivity contribution in [1.82, 2.24) is 20.3 Å². The fraction of sp³-hybridized carbons (Fsp3) is 0.167. The van der Waals surface area contributed by atoms with E-state index in [1.54, 1.807) is 6.92 Å². The minimum Gasteiger partial charge on any atom is -0.383 e. The summed E-state index contributed by atoms with van der Waals surface area (Å²) in [5.74, 6) is -1.10. The summed E-state index contributed by atoms with van der Waals surface area (Å²) < 4.78 is 39.2. The molecule has 0 bridgehead atoms. The number of amides is 2. The number of aromatic nitrogens is 3. The number of alkyl halides is 3. The van der Waals surface area contributed by atoms with E-state index in [1.807, 2.05) is 0 Å². The molecule has 3 rings (SSSR count). The Labute approximate surface area is 196 Å². The van der Waals surface area contributed by atoms with Crippen LogP contribution in [0.2, 0.25) is 5.02 Å². The Morgan fingerprint density at radius 2 is 1.94 bits per heavy atom. The maximum absolute atomic E-state index is 13.0. The van der Waals surface area contributed by atoms with Gasteiger partial charge in [0.05, 0.1) is 27.3 Å². The van der Waals surface area contributed by atoms with Crippen LogP contribution in [0.4, 0.5) is 24.7 Å². The molecule has 32 heavy (non-hydrogen) atoms. The van der Waals surface area contributed by atoms with Crippen molar-refractivity contribution >= 4 is 62.2 Å². The van der Waals surface area contributed by atoms with E-state index < -0.39 is 34.6 Å². The van der Waals surface area contributed by atoms with E-state index in [1.165, 1.54) is 12.3 Å². The van der Waals surface area contributed by atoms with Crippen LogP contribution in [0.15, 0.2) is 35.2 Å². The lowest BCUT2D eigenvalue weighted by Gasteiger charge is -2.12. The van der Waals surface area contributed by atoms with E-state index >= 15 is 0 Å². The number of carbonyl (C=O) groups excluding carboxylic acids is 2. The minimum absolute atomic E-state index is 0.0297. The Bertz CT molecular complexity index is 1190. The van der Waals surface area contributed by atoms with Crippen LogP contribution in [0.1, 0.15) is 43.7 Å². The maximum Gasteiger partial charge on any atom is 0.417 e. The van der Waals surface area contributed by atoms with Crippen LogP contribution in [-0.2, 0) is 6.18 Å². The van der Waals surface area contributed by atoms with Gasteiger partial charge in [0.25, 0.3) is 11.8 Å². The molecule has 4 N–H and O–H groups in total. The van der Waals surface area contributed by atoms with Crippen molar-refractivity contribution in [1.29, 1.82) is 0 Å². The van der Waals surface area contributed by atoms with E-state index in [9.17, 15) is 22.8 Å². The molecule has 1 atom stereocenters. The molecule has 0 saturated heterocycles. The van der Waals surface area contributed by atoms with Gasteiger partial charge in [-0.15, -0.1) is 11.3 Å². The number of rotatable bonds is 5. The summed E-state index contributed by atoms with van der Waals surface area (Å²) in [6, 6.07) is 2.46. The summed E-state index contributed by atoms with van der Waals surface area (Å²) in [4.78, 5) is 36.8. The van der Waals surface area contributed by atoms with E-state index in [4.69, 9.17) is 17.3 Å². The van der Waals surface area contributed by atoms with E-state index in [0.717, 1.165) is 29.8 Å². The molecule has 8 nitrogen and oxygen atoms in total. The second-order valence-electron chi connectivity index (χ2n) is 6.33. The highest BCUT2D eigenvalue weighted by Crippen LogP contribution is 2.36. The molecular weight excluding hydrogens is 537 g/mol. The highest BCUT2D eigenvalue weighted by Gasteiger charge is 2.33. The Kier molecular flexibility index (Phi) is 7.00. The number of carbonyl (C=O) groups is 2. The zero-order valence-electron chi connectivity index (χ0n) is 16.0. The first-order valence-corrected chi connectivity index (χ1v) is 10.7. The third-order valence-corrected chi connectivity index (χ3v) is 6.32. The molecule has 0 fully saturated rings. The first-order chi connectivity index (χ1) is 15.0. The van der Waals surface area contributed by atoms with Gasteiger partial charge in [0.15, 0.2) is 0 Å². The number of halogens is 5. The first-order valence-electron chi connectivity index (χ1n) is 8.68. The van der Waals surface area contributed by atoms with Crippen LogP contribution in [0.25, 0.3) is 0 Å². The van der Waals surface area contributed by atoms with Crippen molar-refractivity contribution in [3.05, 3.63) is 61.4 Å². The van der Waals surface area contributed by atoms with Gasteiger partial charge >= 0.3 is 6.18 Å². The summed E-state index contributed by atoms with van der Waals surface area (Å²) in [6.45, 7) is 1.64. The molecule has 0 aliphatic carbocycles. The number of hydrogen-bond acceptors (Lipinski definition) is 7. The summed E-state index contributed by atoms with van der Waals surface area (Å²) in [5.41, 5.74) is 4.53. The summed E-state index contributed by atoms with van der Waals surface area (Å²) in [6.07, 6.45) is -2.25. The number of nitrogens with two attached hydrogens (primary N) is 1. The predicted molar refractivity (Wildman–Crippen MR) is 117 cm³/mol. The van der Waals surface area contributed by atoms with Gasteiger partial charge in [0.1, 0.15) is 27.7 Å². The van der Waals surface area contributed by atoms with Crippen LogP contribution < -0.4 is 16.4 Å². The highest BCUT2D eigenvalue weighted by atomic mass is 79.9. The zero-order chi connectivity index (χ0) is 23.6. The fourth-order valence-electron chi connectivity index (χ4n) is 2.47. The number of hydrogen-bond donors (Lipinski definition) is 3. The average Bonchev–Trinajstić information content (AvgIpc) is 3.21. The lowest BCUT2D eigenvalue weighted by molar-refractivity contribution is -0.137. The molecule has 1 unspecified atom stereocenters. The number of benzene rings is 1.